The van der Waals surface area contributed by atoms with E-state index in [2.05, 4.69) is 58.1 Å². The summed E-state index contributed by atoms with van der Waals surface area (Å²) in [7, 11) is 2.22. The Hall–Kier alpha value is -2.71. The number of aromatic amines is 1. The first-order chi connectivity index (χ1) is 13.6. The lowest BCUT2D eigenvalue weighted by Crippen LogP contribution is -2.30. The number of fused-ring (bicyclic) bond motifs is 1. The second kappa shape index (κ2) is 8.12. The van der Waals surface area contributed by atoms with Crippen LogP contribution in [0.2, 0.25) is 0 Å². The molecule has 1 aromatic carbocycles. The zero-order chi connectivity index (χ0) is 19.5. The van der Waals surface area contributed by atoms with Gasteiger partial charge in [-0.05, 0) is 81.9 Å². The highest BCUT2D eigenvalue weighted by Crippen LogP contribution is 2.28. The van der Waals surface area contributed by atoms with Gasteiger partial charge in [-0.15, -0.1) is 0 Å². The number of H-pyrrole nitrogens is 1. The van der Waals surface area contributed by atoms with Gasteiger partial charge in [0.2, 0.25) is 5.82 Å². The van der Waals surface area contributed by atoms with E-state index in [1.165, 1.54) is 49.9 Å². The number of hydrogen-bond donors (Lipinski definition) is 1. The Morgan fingerprint density at radius 1 is 1.21 bits per heavy atom. The molecule has 0 amide bonds. The SMILES string of the molecule is Cc1cc(-c2nc(C#N)nc3[nH]ccc23)ccc1CCCC1CCN(C)CC1. The predicted molar refractivity (Wildman–Crippen MR) is 112 cm³/mol. The van der Waals surface area contributed by atoms with Crippen molar-refractivity contribution in [2.75, 3.05) is 20.1 Å². The summed E-state index contributed by atoms with van der Waals surface area (Å²) < 4.78 is 0. The number of likely N-dealkylation sites (tertiary alicyclic amines) is 1. The molecule has 0 unspecified atom stereocenters. The maximum atomic E-state index is 9.23. The zero-order valence-corrected chi connectivity index (χ0v) is 16.7. The van der Waals surface area contributed by atoms with Gasteiger partial charge < -0.3 is 9.88 Å². The van der Waals surface area contributed by atoms with Gasteiger partial charge >= 0.3 is 0 Å². The first-order valence-electron chi connectivity index (χ1n) is 10.2. The van der Waals surface area contributed by atoms with E-state index in [1.807, 2.05) is 12.3 Å². The third-order valence-corrected chi connectivity index (χ3v) is 6.03. The molecule has 3 aromatic rings. The molecule has 0 spiro atoms. The van der Waals surface area contributed by atoms with E-state index in [0.717, 1.165) is 29.0 Å². The number of nitrogens with one attached hydrogen (secondary N) is 1. The monoisotopic (exact) mass is 373 g/mol. The molecule has 0 aliphatic carbocycles. The molecular formula is C23H27N5. The summed E-state index contributed by atoms with van der Waals surface area (Å²) in [6.45, 7) is 4.67. The van der Waals surface area contributed by atoms with Crippen molar-refractivity contribution < 1.29 is 0 Å². The van der Waals surface area contributed by atoms with Gasteiger partial charge in [0, 0.05) is 17.1 Å². The maximum Gasteiger partial charge on any atom is 0.234 e. The molecule has 1 aliphatic rings. The van der Waals surface area contributed by atoms with Gasteiger partial charge in [0.05, 0.1) is 5.69 Å². The Morgan fingerprint density at radius 3 is 2.79 bits per heavy atom. The van der Waals surface area contributed by atoms with Crippen LogP contribution in [0, 0.1) is 24.2 Å². The van der Waals surface area contributed by atoms with Gasteiger partial charge in [-0.1, -0.05) is 18.6 Å². The molecular weight excluding hydrogens is 346 g/mol. The second-order valence-electron chi connectivity index (χ2n) is 8.03. The van der Waals surface area contributed by atoms with Crippen LogP contribution in [-0.2, 0) is 6.42 Å². The van der Waals surface area contributed by atoms with Crippen LogP contribution in [-0.4, -0.2) is 40.0 Å². The third-order valence-electron chi connectivity index (χ3n) is 6.03. The van der Waals surface area contributed by atoms with Gasteiger partial charge in [-0.2, -0.15) is 5.26 Å². The van der Waals surface area contributed by atoms with Crippen LogP contribution >= 0.6 is 0 Å². The number of hydrogen-bond acceptors (Lipinski definition) is 4. The minimum atomic E-state index is 0.199. The van der Waals surface area contributed by atoms with Crippen molar-refractivity contribution in [1.29, 1.82) is 5.26 Å². The van der Waals surface area contributed by atoms with Crippen molar-refractivity contribution in [1.82, 2.24) is 19.9 Å². The van der Waals surface area contributed by atoms with E-state index in [0.29, 0.717) is 5.65 Å². The lowest BCUT2D eigenvalue weighted by molar-refractivity contribution is 0.210. The third kappa shape index (κ3) is 3.93. The number of aromatic nitrogens is 3. The molecule has 0 bridgehead atoms. The van der Waals surface area contributed by atoms with Gasteiger partial charge in [0.25, 0.3) is 0 Å². The highest BCUT2D eigenvalue weighted by molar-refractivity contribution is 5.91. The highest BCUT2D eigenvalue weighted by Gasteiger charge is 2.16. The van der Waals surface area contributed by atoms with Crippen molar-refractivity contribution in [3.8, 4) is 17.3 Å². The van der Waals surface area contributed by atoms with Crippen LogP contribution in [0.4, 0.5) is 0 Å². The molecule has 1 saturated heterocycles. The molecule has 5 heteroatoms. The van der Waals surface area contributed by atoms with E-state index in [9.17, 15) is 5.26 Å². The second-order valence-corrected chi connectivity index (χ2v) is 8.03. The van der Waals surface area contributed by atoms with E-state index in [1.54, 1.807) is 0 Å². The molecule has 144 valence electrons. The Balaban J connectivity index is 1.48. The van der Waals surface area contributed by atoms with Crippen molar-refractivity contribution >= 4 is 11.0 Å². The number of nitriles is 1. The molecule has 2 aromatic heterocycles. The van der Waals surface area contributed by atoms with E-state index >= 15 is 0 Å². The predicted octanol–water partition coefficient (Wildman–Crippen LogP) is 4.47. The highest BCUT2D eigenvalue weighted by atomic mass is 15.1. The number of aryl methyl sites for hydroxylation is 2. The van der Waals surface area contributed by atoms with Crippen molar-refractivity contribution in [3.63, 3.8) is 0 Å². The molecule has 0 radical (unpaired) electrons. The molecule has 1 aliphatic heterocycles. The first-order valence-corrected chi connectivity index (χ1v) is 10.2. The lowest BCUT2D eigenvalue weighted by Gasteiger charge is -2.28. The standard InChI is InChI=1S/C23H27N5/c1-16-14-19(22-20-8-11-25-23(20)27-21(15-24)26-22)7-6-18(16)5-3-4-17-9-12-28(2)13-10-17/h6-8,11,14,17H,3-5,9-10,12-13H2,1-2H3,(H,25,26,27). The molecule has 5 nitrogen and oxygen atoms in total. The van der Waals surface area contributed by atoms with Crippen molar-refractivity contribution in [3.05, 3.63) is 47.4 Å². The minimum Gasteiger partial charge on any atom is -0.346 e. The average molecular weight is 374 g/mol. The topological polar surface area (TPSA) is 68.6 Å². The molecule has 28 heavy (non-hydrogen) atoms. The fourth-order valence-electron chi connectivity index (χ4n) is 4.27. The van der Waals surface area contributed by atoms with Crippen molar-refractivity contribution in [2.24, 2.45) is 5.92 Å². The maximum absolute atomic E-state index is 9.23. The fraction of sp³-hybridized carbons (Fsp3) is 0.435. The van der Waals surface area contributed by atoms with Crippen LogP contribution in [0.5, 0.6) is 0 Å². The van der Waals surface area contributed by atoms with Crippen LogP contribution in [0.15, 0.2) is 30.5 Å². The largest absolute Gasteiger partial charge is 0.346 e. The Morgan fingerprint density at radius 2 is 2.04 bits per heavy atom. The number of piperidine rings is 1. The van der Waals surface area contributed by atoms with Crippen LogP contribution < -0.4 is 0 Å². The van der Waals surface area contributed by atoms with E-state index in [-0.39, 0.29) is 5.82 Å². The molecule has 3 heterocycles. The van der Waals surface area contributed by atoms with Crippen LogP contribution in [0.3, 0.4) is 0 Å². The van der Waals surface area contributed by atoms with Gasteiger partial charge in [0.15, 0.2) is 0 Å². The smallest absolute Gasteiger partial charge is 0.234 e. The summed E-state index contributed by atoms with van der Waals surface area (Å²) in [5.74, 6) is 1.09. The van der Waals surface area contributed by atoms with E-state index in [4.69, 9.17) is 0 Å². The summed E-state index contributed by atoms with van der Waals surface area (Å²) in [5.41, 5.74) is 5.28. The molecule has 1 fully saturated rings. The van der Waals surface area contributed by atoms with Crippen molar-refractivity contribution in [2.45, 2.75) is 39.0 Å². The number of rotatable bonds is 5. The normalized spacial score (nSPS) is 15.8. The summed E-state index contributed by atoms with van der Waals surface area (Å²) in [6.07, 6.45) is 8.24. The summed E-state index contributed by atoms with van der Waals surface area (Å²) in [6, 6.07) is 10.6. The number of nitrogens with zero attached hydrogens (tertiary/aromatic N) is 4. The summed E-state index contributed by atoms with van der Waals surface area (Å²) >= 11 is 0. The minimum absolute atomic E-state index is 0.199. The first kappa shape index (κ1) is 18.6. The molecule has 4 rings (SSSR count). The quantitative estimate of drug-likeness (QED) is 0.716. The average Bonchev–Trinajstić information content (AvgIpc) is 3.18. The Labute approximate surface area is 166 Å². The molecule has 0 atom stereocenters. The lowest BCUT2D eigenvalue weighted by atomic mass is 9.90. The Bertz CT molecular complexity index is 1010. The fourth-order valence-corrected chi connectivity index (χ4v) is 4.27. The molecule has 1 N–H and O–H groups in total. The summed E-state index contributed by atoms with van der Waals surface area (Å²) in [4.78, 5) is 14.2. The summed E-state index contributed by atoms with van der Waals surface area (Å²) in [5, 5.41) is 10.2. The van der Waals surface area contributed by atoms with Gasteiger partial charge in [-0.25, -0.2) is 9.97 Å². The number of benzene rings is 1. The molecule has 0 saturated carbocycles. The van der Waals surface area contributed by atoms with Crippen LogP contribution in [0.1, 0.15) is 42.6 Å². The zero-order valence-electron chi connectivity index (χ0n) is 16.7. The van der Waals surface area contributed by atoms with Gasteiger partial charge in [0.1, 0.15) is 11.7 Å². The van der Waals surface area contributed by atoms with E-state index < -0.39 is 0 Å². The van der Waals surface area contributed by atoms with Crippen LogP contribution in [0.25, 0.3) is 22.3 Å². The van der Waals surface area contributed by atoms with Gasteiger partial charge in [-0.3, -0.25) is 0 Å². The Kier molecular flexibility index (Phi) is 5.40.